The van der Waals surface area contributed by atoms with E-state index in [1.165, 1.54) is 0 Å². The number of hydrogen-bond donors (Lipinski definition) is 2. The van der Waals surface area contributed by atoms with E-state index in [2.05, 4.69) is 10.3 Å². The van der Waals surface area contributed by atoms with Crippen molar-refractivity contribution in [3.05, 3.63) is 30.1 Å². The van der Waals surface area contributed by atoms with Crippen LogP contribution in [0.5, 0.6) is 0 Å². The van der Waals surface area contributed by atoms with Crippen LogP contribution in [0.3, 0.4) is 0 Å². The fourth-order valence-electron chi connectivity index (χ4n) is 1.72. The second-order valence-corrected chi connectivity index (χ2v) is 3.51. The molecule has 3 heteroatoms. The second-order valence-electron chi connectivity index (χ2n) is 3.51. The molecule has 1 saturated heterocycles. The summed E-state index contributed by atoms with van der Waals surface area (Å²) in [5, 5.41) is 12.7. The zero-order valence-electron chi connectivity index (χ0n) is 7.48. The van der Waals surface area contributed by atoms with Gasteiger partial charge in [0.15, 0.2) is 0 Å². The number of pyridine rings is 1. The molecule has 2 heterocycles. The molecule has 70 valence electrons. The maximum atomic E-state index is 9.56. The molecule has 1 aliphatic heterocycles. The van der Waals surface area contributed by atoms with Crippen LogP contribution in [0.25, 0.3) is 0 Å². The summed E-state index contributed by atoms with van der Waals surface area (Å²) < 4.78 is 0. The van der Waals surface area contributed by atoms with Crippen molar-refractivity contribution in [2.45, 2.75) is 12.5 Å². The van der Waals surface area contributed by atoms with E-state index in [4.69, 9.17) is 0 Å². The third-order valence-electron chi connectivity index (χ3n) is 2.50. The van der Waals surface area contributed by atoms with Crippen LogP contribution in [0.1, 0.15) is 5.69 Å². The van der Waals surface area contributed by atoms with Crippen molar-refractivity contribution in [1.29, 1.82) is 0 Å². The van der Waals surface area contributed by atoms with Crippen LogP contribution in [0, 0.1) is 5.92 Å². The van der Waals surface area contributed by atoms with Crippen LogP contribution < -0.4 is 5.32 Å². The number of aromatic nitrogens is 1. The van der Waals surface area contributed by atoms with E-state index in [0.29, 0.717) is 5.92 Å². The highest BCUT2D eigenvalue weighted by atomic mass is 16.3. The summed E-state index contributed by atoms with van der Waals surface area (Å²) in [7, 11) is 0. The molecule has 2 atom stereocenters. The molecule has 0 saturated carbocycles. The highest BCUT2D eigenvalue weighted by molar-refractivity contribution is 5.05. The van der Waals surface area contributed by atoms with Crippen molar-refractivity contribution >= 4 is 0 Å². The van der Waals surface area contributed by atoms with E-state index >= 15 is 0 Å². The topological polar surface area (TPSA) is 45.1 Å². The summed E-state index contributed by atoms with van der Waals surface area (Å²) in [6.07, 6.45) is 2.46. The molecule has 1 fully saturated rings. The van der Waals surface area contributed by atoms with E-state index in [0.717, 1.165) is 25.2 Å². The Balaban J connectivity index is 1.98. The first-order chi connectivity index (χ1) is 6.36. The Labute approximate surface area is 77.8 Å². The molecule has 2 N–H and O–H groups in total. The van der Waals surface area contributed by atoms with Gasteiger partial charge in [-0.05, 0) is 18.6 Å². The van der Waals surface area contributed by atoms with Crippen molar-refractivity contribution in [2.75, 3.05) is 13.1 Å². The van der Waals surface area contributed by atoms with Gasteiger partial charge in [0.1, 0.15) is 0 Å². The van der Waals surface area contributed by atoms with Crippen LogP contribution in [-0.2, 0) is 6.42 Å². The highest BCUT2D eigenvalue weighted by Crippen LogP contribution is 2.13. The molecule has 1 aliphatic rings. The maximum Gasteiger partial charge on any atom is 0.0708 e. The van der Waals surface area contributed by atoms with Crippen molar-refractivity contribution in [1.82, 2.24) is 10.3 Å². The molecule has 0 radical (unpaired) electrons. The van der Waals surface area contributed by atoms with E-state index in [1.807, 2.05) is 18.2 Å². The standard InChI is InChI=1S/C10H14N2O/c13-10-7-11-6-8(10)5-9-3-1-2-4-12-9/h1-4,8,10-11,13H,5-7H2/t8-,10-/m1/s1. The molecule has 1 aromatic heterocycles. The first kappa shape index (κ1) is 8.66. The Morgan fingerprint density at radius 1 is 1.46 bits per heavy atom. The van der Waals surface area contributed by atoms with Gasteiger partial charge in [-0.25, -0.2) is 0 Å². The molecule has 1 aromatic rings. The molecule has 0 aliphatic carbocycles. The van der Waals surface area contributed by atoms with Gasteiger partial charge in [0.25, 0.3) is 0 Å². The number of aliphatic hydroxyl groups is 1. The number of nitrogens with one attached hydrogen (secondary N) is 1. The van der Waals surface area contributed by atoms with Gasteiger partial charge in [0.05, 0.1) is 6.10 Å². The van der Waals surface area contributed by atoms with Crippen molar-refractivity contribution in [3.8, 4) is 0 Å². The largest absolute Gasteiger partial charge is 0.391 e. The summed E-state index contributed by atoms with van der Waals surface area (Å²) in [4.78, 5) is 4.24. The van der Waals surface area contributed by atoms with E-state index in [-0.39, 0.29) is 6.10 Å². The first-order valence-electron chi connectivity index (χ1n) is 4.65. The molecule has 3 nitrogen and oxygen atoms in total. The maximum absolute atomic E-state index is 9.56. The normalized spacial score (nSPS) is 27.8. The number of hydrogen-bond acceptors (Lipinski definition) is 3. The lowest BCUT2D eigenvalue weighted by atomic mass is 10.00. The van der Waals surface area contributed by atoms with Crippen LogP contribution in [0.2, 0.25) is 0 Å². The minimum absolute atomic E-state index is 0.206. The van der Waals surface area contributed by atoms with Gasteiger partial charge in [-0.15, -0.1) is 0 Å². The molecule has 2 rings (SSSR count). The number of nitrogens with zero attached hydrogens (tertiary/aromatic N) is 1. The average Bonchev–Trinajstić information content (AvgIpc) is 2.54. The van der Waals surface area contributed by atoms with Crippen LogP contribution >= 0.6 is 0 Å². The zero-order valence-corrected chi connectivity index (χ0v) is 7.48. The Bertz CT molecular complexity index is 263. The molecule has 0 bridgehead atoms. The van der Waals surface area contributed by atoms with Gasteiger partial charge in [-0.2, -0.15) is 0 Å². The Hall–Kier alpha value is -0.930. The Morgan fingerprint density at radius 3 is 3.00 bits per heavy atom. The minimum atomic E-state index is -0.206. The number of β-amino-alcohol motifs (C(OH)–C–C–N with tert-alkyl or cyclic N) is 1. The molecule has 0 unspecified atom stereocenters. The summed E-state index contributed by atoms with van der Waals surface area (Å²) in [5.41, 5.74) is 1.07. The summed E-state index contributed by atoms with van der Waals surface area (Å²) in [6.45, 7) is 1.62. The van der Waals surface area contributed by atoms with Gasteiger partial charge in [0, 0.05) is 30.9 Å². The number of rotatable bonds is 2. The van der Waals surface area contributed by atoms with Crippen LogP contribution in [0.4, 0.5) is 0 Å². The van der Waals surface area contributed by atoms with Gasteiger partial charge in [-0.1, -0.05) is 6.07 Å². The Kier molecular flexibility index (Phi) is 2.57. The lowest BCUT2D eigenvalue weighted by Crippen LogP contribution is -2.20. The van der Waals surface area contributed by atoms with E-state index < -0.39 is 0 Å². The van der Waals surface area contributed by atoms with Gasteiger partial charge >= 0.3 is 0 Å². The first-order valence-corrected chi connectivity index (χ1v) is 4.65. The van der Waals surface area contributed by atoms with Crippen LogP contribution in [-0.4, -0.2) is 29.3 Å². The second kappa shape index (κ2) is 3.85. The molecule has 0 spiro atoms. The third-order valence-corrected chi connectivity index (χ3v) is 2.50. The van der Waals surface area contributed by atoms with Crippen molar-refractivity contribution in [2.24, 2.45) is 5.92 Å². The molecular formula is C10H14N2O. The number of aliphatic hydroxyl groups excluding tert-OH is 1. The van der Waals surface area contributed by atoms with Crippen molar-refractivity contribution < 1.29 is 5.11 Å². The zero-order chi connectivity index (χ0) is 9.10. The SMILES string of the molecule is O[C@@H]1CNC[C@H]1Cc1ccccn1. The smallest absolute Gasteiger partial charge is 0.0708 e. The summed E-state index contributed by atoms with van der Waals surface area (Å²) >= 11 is 0. The third kappa shape index (κ3) is 2.05. The predicted molar refractivity (Wildman–Crippen MR) is 50.3 cm³/mol. The van der Waals surface area contributed by atoms with Gasteiger partial charge in [0.2, 0.25) is 0 Å². The van der Waals surface area contributed by atoms with Gasteiger partial charge in [-0.3, -0.25) is 4.98 Å². The fraction of sp³-hybridized carbons (Fsp3) is 0.500. The summed E-state index contributed by atoms with van der Waals surface area (Å²) in [5.74, 6) is 0.329. The van der Waals surface area contributed by atoms with Crippen molar-refractivity contribution in [3.63, 3.8) is 0 Å². The Morgan fingerprint density at radius 2 is 2.38 bits per heavy atom. The monoisotopic (exact) mass is 178 g/mol. The van der Waals surface area contributed by atoms with Gasteiger partial charge < -0.3 is 10.4 Å². The molecule has 13 heavy (non-hydrogen) atoms. The lowest BCUT2D eigenvalue weighted by molar-refractivity contribution is 0.147. The van der Waals surface area contributed by atoms with E-state index in [1.54, 1.807) is 6.20 Å². The van der Waals surface area contributed by atoms with E-state index in [9.17, 15) is 5.11 Å². The minimum Gasteiger partial charge on any atom is -0.391 e. The quantitative estimate of drug-likeness (QED) is 0.680. The van der Waals surface area contributed by atoms with Crippen LogP contribution in [0.15, 0.2) is 24.4 Å². The lowest BCUT2D eigenvalue weighted by Gasteiger charge is -2.11. The average molecular weight is 178 g/mol. The highest BCUT2D eigenvalue weighted by Gasteiger charge is 2.24. The molecule has 0 aromatic carbocycles. The fourth-order valence-corrected chi connectivity index (χ4v) is 1.72. The molecular weight excluding hydrogens is 164 g/mol. The summed E-state index contributed by atoms with van der Waals surface area (Å²) in [6, 6.07) is 5.90. The predicted octanol–water partition coefficient (Wildman–Crippen LogP) is 0.204. The molecule has 0 amide bonds.